The summed E-state index contributed by atoms with van der Waals surface area (Å²) in [4.78, 5) is 4.39. The number of hydrogen-bond donors (Lipinski definition) is 1. The van der Waals surface area contributed by atoms with Crippen molar-refractivity contribution in [2.45, 2.75) is 23.2 Å². The zero-order valence-corrected chi connectivity index (χ0v) is 14.4. The van der Waals surface area contributed by atoms with Gasteiger partial charge in [-0.3, -0.25) is 0 Å². The lowest BCUT2D eigenvalue weighted by Gasteiger charge is -2.20. The fourth-order valence-corrected chi connectivity index (χ4v) is 3.22. The predicted molar refractivity (Wildman–Crippen MR) is 88.3 cm³/mol. The van der Waals surface area contributed by atoms with Gasteiger partial charge in [-0.25, -0.2) is 4.98 Å². The number of pyridine rings is 1. The van der Waals surface area contributed by atoms with Gasteiger partial charge in [-0.15, -0.1) is 0 Å². The van der Waals surface area contributed by atoms with E-state index in [1.54, 1.807) is 11.8 Å². The van der Waals surface area contributed by atoms with Crippen LogP contribution >= 0.6 is 43.6 Å². The highest BCUT2D eigenvalue weighted by Gasteiger charge is 2.18. The molecule has 1 aromatic heterocycles. The fraction of sp³-hybridized carbons (Fsp3) is 0.214. The number of nitrogens with two attached hydrogens (primary N) is 1. The van der Waals surface area contributed by atoms with E-state index in [2.05, 4.69) is 49.0 Å². The SMILES string of the molecule is CC(N)C(Sc1ccc(Br)cn1)c1ccc(Br)cc1. The van der Waals surface area contributed by atoms with Gasteiger partial charge in [0.15, 0.2) is 0 Å². The Labute approximate surface area is 134 Å². The first-order valence-corrected chi connectivity index (χ1v) is 8.32. The van der Waals surface area contributed by atoms with Crippen LogP contribution in [0.5, 0.6) is 0 Å². The zero-order valence-electron chi connectivity index (χ0n) is 10.4. The van der Waals surface area contributed by atoms with E-state index in [9.17, 15) is 0 Å². The summed E-state index contributed by atoms with van der Waals surface area (Å²) in [7, 11) is 0. The maximum Gasteiger partial charge on any atom is 0.0967 e. The smallest absolute Gasteiger partial charge is 0.0967 e. The van der Waals surface area contributed by atoms with E-state index in [0.29, 0.717) is 0 Å². The molecule has 0 aliphatic rings. The van der Waals surface area contributed by atoms with Gasteiger partial charge in [0.2, 0.25) is 0 Å². The van der Waals surface area contributed by atoms with Crippen LogP contribution in [0.3, 0.4) is 0 Å². The predicted octanol–water partition coefficient (Wildman–Crippen LogP) is 4.79. The molecule has 0 fully saturated rings. The molecule has 2 aromatic rings. The Hall–Kier alpha value is -0.360. The van der Waals surface area contributed by atoms with Gasteiger partial charge in [-0.2, -0.15) is 0 Å². The van der Waals surface area contributed by atoms with Crippen molar-refractivity contribution in [2.75, 3.05) is 0 Å². The average molecular weight is 402 g/mol. The van der Waals surface area contributed by atoms with Crippen molar-refractivity contribution < 1.29 is 0 Å². The fourth-order valence-electron chi connectivity index (χ4n) is 1.69. The first kappa shape index (κ1) is 15.0. The minimum absolute atomic E-state index is 0.0524. The van der Waals surface area contributed by atoms with E-state index in [0.717, 1.165) is 14.0 Å². The molecule has 100 valence electrons. The maximum atomic E-state index is 6.11. The first-order chi connectivity index (χ1) is 9.06. The highest BCUT2D eigenvalue weighted by molar-refractivity contribution is 9.10. The molecule has 0 bridgehead atoms. The molecule has 2 unspecified atom stereocenters. The van der Waals surface area contributed by atoms with Crippen LogP contribution in [-0.2, 0) is 0 Å². The summed E-state index contributed by atoms with van der Waals surface area (Å²) in [5.41, 5.74) is 7.33. The minimum Gasteiger partial charge on any atom is -0.327 e. The number of nitrogens with zero attached hydrogens (tertiary/aromatic N) is 1. The van der Waals surface area contributed by atoms with Crippen LogP contribution in [0.2, 0.25) is 0 Å². The Morgan fingerprint density at radius 1 is 1.05 bits per heavy atom. The summed E-state index contributed by atoms with van der Waals surface area (Å²) in [5.74, 6) is 0. The normalized spacial score (nSPS) is 14.1. The van der Waals surface area contributed by atoms with Gasteiger partial charge in [-0.05, 0) is 52.7 Å². The van der Waals surface area contributed by atoms with Crippen molar-refractivity contribution in [3.05, 3.63) is 57.1 Å². The molecule has 0 saturated heterocycles. The van der Waals surface area contributed by atoms with Gasteiger partial charge in [0.05, 0.1) is 10.3 Å². The third-order valence-electron chi connectivity index (χ3n) is 2.62. The molecule has 0 amide bonds. The second-order valence-corrected chi connectivity index (χ2v) is 7.26. The molecule has 0 radical (unpaired) electrons. The molecule has 2 rings (SSSR count). The maximum absolute atomic E-state index is 6.11. The van der Waals surface area contributed by atoms with Crippen LogP contribution in [0, 0.1) is 0 Å². The van der Waals surface area contributed by atoms with Gasteiger partial charge >= 0.3 is 0 Å². The molecule has 1 aromatic carbocycles. The van der Waals surface area contributed by atoms with Crippen molar-refractivity contribution >= 4 is 43.6 Å². The average Bonchev–Trinajstić information content (AvgIpc) is 2.39. The molecule has 2 nitrogen and oxygen atoms in total. The van der Waals surface area contributed by atoms with Crippen molar-refractivity contribution in [2.24, 2.45) is 5.73 Å². The molecule has 0 spiro atoms. The molecule has 19 heavy (non-hydrogen) atoms. The Bertz CT molecular complexity index is 526. The van der Waals surface area contributed by atoms with E-state index in [-0.39, 0.29) is 11.3 Å². The third-order valence-corrected chi connectivity index (χ3v) is 5.06. The number of aromatic nitrogens is 1. The van der Waals surface area contributed by atoms with Crippen molar-refractivity contribution in [1.82, 2.24) is 4.98 Å². The Kier molecular flexibility index (Phi) is 5.45. The summed E-state index contributed by atoms with van der Waals surface area (Å²) in [6, 6.07) is 12.3. The van der Waals surface area contributed by atoms with E-state index in [4.69, 9.17) is 5.73 Å². The lowest BCUT2D eigenvalue weighted by molar-refractivity contribution is 0.720. The summed E-state index contributed by atoms with van der Waals surface area (Å²) in [6.07, 6.45) is 1.81. The van der Waals surface area contributed by atoms with Crippen molar-refractivity contribution in [1.29, 1.82) is 0 Å². The van der Waals surface area contributed by atoms with E-state index < -0.39 is 0 Å². The van der Waals surface area contributed by atoms with Gasteiger partial charge in [0.25, 0.3) is 0 Å². The highest BCUT2D eigenvalue weighted by Crippen LogP contribution is 2.36. The van der Waals surface area contributed by atoms with Crippen molar-refractivity contribution in [3.8, 4) is 0 Å². The van der Waals surface area contributed by atoms with Gasteiger partial charge in [0.1, 0.15) is 0 Å². The van der Waals surface area contributed by atoms with Crippen LogP contribution in [0.4, 0.5) is 0 Å². The third kappa shape index (κ3) is 4.31. The minimum atomic E-state index is 0.0524. The van der Waals surface area contributed by atoms with E-state index in [1.807, 2.05) is 37.4 Å². The lowest BCUT2D eigenvalue weighted by Crippen LogP contribution is -2.22. The second kappa shape index (κ2) is 6.88. The number of benzene rings is 1. The summed E-state index contributed by atoms with van der Waals surface area (Å²) in [6.45, 7) is 2.03. The number of halogens is 2. The molecule has 1 heterocycles. The van der Waals surface area contributed by atoms with Crippen LogP contribution < -0.4 is 5.73 Å². The van der Waals surface area contributed by atoms with Gasteiger partial charge in [0, 0.05) is 21.2 Å². The number of hydrogen-bond acceptors (Lipinski definition) is 3. The molecule has 0 aliphatic heterocycles. The Morgan fingerprint density at radius 3 is 2.21 bits per heavy atom. The molecule has 0 aliphatic carbocycles. The largest absolute Gasteiger partial charge is 0.327 e. The Balaban J connectivity index is 2.21. The Morgan fingerprint density at radius 2 is 1.68 bits per heavy atom. The quantitative estimate of drug-likeness (QED) is 0.748. The lowest BCUT2D eigenvalue weighted by atomic mass is 10.1. The van der Waals surface area contributed by atoms with E-state index in [1.165, 1.54) is 5.56 Å². The second-order valence-electron chi connectivity index (χ2n) is 4.26. The van der Waals surface area contributed by atoms with Crippen LogP contribution in [0.15, 0.2) is 56.6 Å². The van der Waals surface area contributed by atoms with Crippen LogP contribution in [-0.4, -0.2) is 11.0 Å². The summed E-state index contributed by atoms with van der Waals surface area (Å²) >= 11 is 8.53. The first-order valence-electron chi connectivity index (χ1n) is 5.85. The van der Waals surface area contributed by atoms with Gasteiger partial charge < -0.3 is 5.73 Å². The van der Waals surface area contributed by atoms with Crippen LogP contribution in [0.1, 0.15) is 17.7 Å². The number of thioether (sulfide) groups is 1. The molecule has 2 N–H and O–H groups in total. The highest BCUT2D eigenvalue weighted by atomic mass is 79.9. The summed E-state index contributed by atoms with van der Waals surface area (Å²) < 4.78 is 2.06. The topological polar surface area (TPSA) is 38.9 Å². The van der Waals surface area contributed by atoms with E-state index >= 15 is 0 Å². The number of rotatable bonds is 4. The molecule has 5 heteroatoms. The molecule has 2 atom stereocenters. The standard InChI is InChI=1S/C14H14Br2N2S/c1-9(17)14(10-2-4-11(15)5-3-10)19-13-7-6-12(16)8-18-13/h2-9,14H,17H2,1H3. The van der Waals surface area contributed by atoms with Crippen LogP contribution in [0.25, 0.3) is 0 Å². The van der Waals surface area contributed by atoms with Gasteiger partial charge in [-0.1, -0.05) is 39.8 Å². The molecular weight excluding hydrogens is 388 g/mol. The molecule has 0 saturated carbocycles. The van der Waals surface area contributed by atoms with Crippen molar-refractivity contribution in [3.63, 3.8) is 0 Å². The molecular formula is C14H14Br2N2S. The zero-order chi connectivity index (χ0) is 13.8. The monoisotopic (exact) mass is 400 g/mol. The summed E-state index contributed by atoms with van der Waals surface area (Å²) in [5, 5.41) is 1.18.